The molecule has 0 aliphatic carbocycles. The van der Waals surface area contributed by atoms with Gasteiger partial charge in [-0.1, -0.05) is 15.9 Å². The molecule has 148 valence electrons. The number of aliphatic hydroxyl groups is 2. The Kier molecular flexibility index (Phi) is 5.74. The Bertz CT molecular complexity index is 1030. The normalized spacial score (nSPS) is 22.8. The topological polar surface area (TPSA) is 111 Å². The summed E-state index contributed by atoms with van der Waals surface area (Å²) >= 11 is 3.24. The maximum atomic E-state index is 13.8. The van der Waals surface area contributed by atoms with E-state index in [0.717, 1.165) is 10.4 Å². The van der Waals surface area contributed by atoms with Crippen molar-refractivity contribution in [2.24, 2.45) is 0 Å². The molecule has 0 aromatic heterocycles. The molecule has 1 aliphatic heterocycles. The molecule has 2 aromatic carbocycles. The van der Waals surface area contributed by atoms with Crippen molar-refractivity contribution < 1.29 is 27.8 Å². The molecule has 1 heterocycles. The second-order valence-corrected chi connectivity index (χ2v) is 9.23. The Labute approximate surface area is 169 Å². The first-order valence-corrected chi connectivity index (χ1v) is 10.4. The Morgan fingerprint density at radius 2 is 2.00 bits per heavy atom. The Hall–Kier alpha value is -2.03. The monoisotopic (exact) mass is 470 g/mol. The third-order valence-corrected chi connectivity index (χ3v) is 6.84. The summed E-state index contributed by atoms with van der Waals surface area (Å²) in [6.45, 7) is -1.37. The van der Waals surface area contributed by atoms with Crippen LogP contribution < -0.4 is 4.74 Å². The van der Waals surface area contributed by atoms with Crippen molar-refractivity contribution in [3.05, 3.63) is 58.3 Å². The van der Waals surface area contributed by atoms with Crippen LogP contribution in [0.4, 0.5) is 4.39 Å². The number of nitrogens with zero attached hydrogens (tertiary/aromatic N) is 2. The Morgan fingerprint density at radius 3 is 2.57 bits per heavy atom. The summed E-state index contributed by atoms with van der Waals surface area (Å²) < 4.78 is 46.8. The average molecular weight is 471 g/mol. The summed E-state index contributed by atoms with van der Waals surface area (Å²) in [5, 5.41) is 29.1. The van der Waals surface area contributed by atoms with E-state index in [0.29, 0.717) is 4.47 Å². The largest absolute Gasteiger partial charge is 0.486 e. The van der Waals surface area contributed by atoms with Gasteiger partial charge < -0.3 is 14.9 Å². The quantitative estimate of drug-likeness (QED) is 0.686. The van der Waals surface area contributed by atoms with Gasteiger partial charge in [0.2, 0.25) is 10.0 Å². The van der Waals surface area contributed by atoms with Crippen molar-refractivity contribution >= 4 is 26.0 Å². The third kappa shape index (κ3) is 3.90. The van der Waals surface area contributed by atoms with Crippen LogP contribution in [-0.4, -0.2) is 54.3 Å². The van der Waals surface area contributed by atoms with E-state index in [1.807, 2.05) is 0 Å². The van der Waals surface area contributed by atoms with Crippen LogP contribution in [-0.2, 0) is 10.0 Å². The van der Waals surface area contributed by atoms with Crippen LogP contribution in [0.2, 0.25) is 0 Å². The molecular formula is C18H16BrFN2O5S. The number of nitriles is 1. The molecule has 0 spiro atoms. The lowest BCUT2D eigenvalue weighted by molar-refractivity contribution is -0.0641. The highest BCUT2D eigenvalue weighted by molar-refractivity contribution is 9.10. The number of benzene rings is 2. The lowest BCUT2D eigenvalue weighted by Crippen LogP contribution is -2.48. The first kappa shape index (κ1) is 20.7. The summed E-state index contributed by atoms with van der Waals surface area (Å²) in [5.74, 6) is -0.791. The number of halogens is 2. The van der Waals surface area contributed by atoms with E-state index in [1.165, 1.54) is 24.3 Å². The zero-order valence-electron chi connectivity index (χ0n) is 14.4. The Balaban J connectivity index is 1.86. The van der Waals surface area contributed by atoms with Crippen molar-refractivity contribution in [2.75, 3.05) is 19.7 Å². The molecule has 1 saturated heterocycles. The van der Waals surface area contributed by atoms with E-state index in [9.17, 15) is 23.0 Å². The summed E-state index contributed by atoms with van der Waals surface area (Å²) in [4.78, 5) is 0.0288. The minimum atomic E-state index is -3.94. The summed E-state index contributed by atoms with van der Waals surface area (Å²) in [7, 11) is -3.94. The number of hydrogen-bond acceptors (Lipinski definition) is 6. The molecule has 1 aliphatic rings. The van der Waals surface area contributed by atoms with E-state index in [1.54, 1.807) is 18.2 Å². The van der Waals surface area contributed by atoms with Crippen LogP contribution in [0.3, 0.4) is 0 Å². The van der Waals surface area contributed by atoms with E-state index < -0.39 is 34.2 Å². The lowest BCUT2D eigenvalue weighted by atomic mass is 10.0. The number of ether oxygens (including phenoxy) is 1. The van der Waals surface area contributed by atoms with Crippen LogP contribution in [0.1, 0.15) is 5.56 Å². The van der Waals surface area contributed by atoms with E-state index >= 15 is 0 Å². The molecular weight excluding hydrogens is 455 g/mol. The molecule has 0 saturated carbocycles. The van der Waals surface area contributed by atoms with Gasteiger partial charge in [-0.3, -0.25) is 0 Å². The van der Waals surface area contributed by atoms with Crippen molar-refractivity contribution in [1.29, 1.82) is 5.26 Å². The van der Waals surface area contributed by atoms with Gasteiger partial charge in [0.25, 0.3) is 0 Å². The molecule has 2 atom stereocenters. The van der Waals surface area contributed by atoms with Crippen molar-refractivity contribution in [3.8, 4) is 11.8 Å². The van der Waals surface area contributed by atoms with Gasteiger partial charge in [0, 0.05) is 17.1 Å². The standard InChI is InChI=1S/C18H16BrFN2O5S/c19-13-2-5-15(6-3-13)28(25,26)22-9-17(18(24,10-22)11-23)27-14-4-1-12(8-21)16(20)7-14/h1-7,17,23-24H,9-11H2/t17?,18-/m1/s1. The predicted octanol–water partition coefficient (Wildman–Crippen LogP) is 1.64. The van der Waals surface area contributed by atoms with E-state index in [2.05, 4.69) is 15.9 Å². The van der Waals surface area contributed by atoms with Crippen molar-refractivity contribution in [2.45, 2.75) is 16.6 Å². The van der Waals surface area contributed by atoms with Gasteiger partial charge in [0.05, 0.1) is 23.6 Å². The van der Waals surface area contributed by atoms with Gasteiger partial charge in [0.15, 0.2) is 0 Å². The van der Waals surface area contributed by atoms with Crippen LogP contribution >= 0.6 is 15.9 Å². The minimum Gasteiger partial charge on any atom is -0.486 e. The average Bonchev–Trinajstić information content (AvgIpc) is 3.00. The fourth-order valence-corrected chi connectivity index (χ4v) is 4.66. The number of β-amino-alcohol motifs (C(OH)–C–C–N with tert-alkyl or cyclic N) is 1. The molecule has 10 heteroatoms. The SMILES string of the molecule is N#Cc1ccc(OC2CN(S(=O)(=O)c3ccc(Br)cc3)C[C@@]2(O)CO)cc1F. The van der Waals surface area contributed by atoms with Crippen LogP contribution in [0.5, 0.6) is 5.75 Å². The minimum absolute atomic E-state index is 0.0104. The molecule has 1 unspecified atom stereocenters. The number of aliphatic hydroxyl groups excluding tert-OH is 1. The van der Waals surface area contributed by atoms with Crippen LogP contribution in [0.25, 0.3) is 0 Å². The zero-order chi connectivity index (χ0) is 20.5. The van der Waals surface area contributed by atoms with Gasteiger partial charge in [-0.05, 0) is 36.4 Å². The van der Waals surface area contributed by atoms with Gasteiger partial charge in [-0.2, -0.15) is 9.57 Å². The molecule has 1 fully saturated rings. The summed E-state index contributed by atoms with van der Waals surface area (Å²) in [6.07, 6.45) is -1.13. The van der Waals surface area contributed by atoms with Gasteiger partial charge in [-0.25, -0.2) is 12.8 Å². The van der Waals surface area contributed by atoms with E-state index in [-0.39, 0.29) is 29.3 Å². The van der Waals surface area contributed by atoms with Crippen molar-refractivity contribution in [3.63, 3.8) is 0 Å². The molecule has 28 heavy (non-hydrogen) atoms. The smallest absolute Gasteiger partial charge is 0.243 e. The highest BCUT2D eigenvalue weighted by Gasteiger charge is 2.50. The van der Waals surface area contributed by atoms with Gasteiger partial charge >= 0.3 is 0 Å². The number of rotatable bonds is 5. The Morgan fingerprint density at radius 1 is 1.32 bits per heavy atom. The highest BCUT2D eigenvalue weighted by atomic mass is 79.9. The predicted molar refractivity (Wildman–Crippen MR) is 100 cm³/mol. The number of sulfonamides is 1. The third-order valence-electron chi connectivity index (χ3n) is 4.48. The first-order valence-electron chi connectivity index (χ1n) is 8.15. The van der Waals surface area contributed by atoms with E-state index in [4.69, 9.17) is 10.00 Å². The summed E-state index contributed by atoms with van der Waals surface area (Å²) in [6, 6.07) is 11.2. The summed E-state index contributed by atoms with van der Waals surface area (Å²) in [5.41, 5.74) is -2.04. The molecule has 7 nitrogen and oxygen atoms in total. The maximum Gasteiger partial charge on any atom is 0.243 e. The molecule has 0 bridgehead atoms. The fourth-order valence-electron chi connectivity index (χ4n) is 2.89. The maximum absolute atomic E-state index is 13.8. The van der Waals surface area contributed by atoms with Crippen LogP contribution in [0, 0.1) is 17.1 Å². The molecule has 3 rings (SSSR count). The molecule has 2 N–H and O–H groups in total. The zero-order valence-corrected chi connectivity index (χ0v) is 16.8. The highest BCUT2D eigenvalue weighted by Crippen LogP contribution is 2.31. The second kappa shape index (κ2) is 7.77. The van der Waals surface area contributed by atoms with Crippen LogP contribution in [0.15, 0.2) is 51.8 Å². The van der Waals surface area contributed by atoms with Gasteiger partial charge in [-0.15, -0.1) is 0 Å². The molecule has 0 amide bonds. The fraction of sp³-hybridized carbons (Fsp3) is 0.278. The molecule has 2 aromatic rings. The van der Waals surface area contributed by atoms with Crippen molar-refractivity contribution in [1.82, 2.24) is 4.31 Å². The first-order chi connectivity index (χ1) is 13.2. The number of hydrogen-bond donors (Lipinski definition) is 2. The lowest BCUT2D eigenvalue weighted by Gasteiger charge is -2.27. The molecule has 0 radical (unpaired) electrons. The second-order valence-electron chi connectivity index (χ2n) is 6.37. The van der Waals surface area contributed by atoms with Gasteiger partial charge in [0.1, 0.15) is 29.3 Å².